The molecule has 0 atom stereocenters. The monoisotopic (exact) mass is 409 g/mol. The number of benzene rings is 1. The van der Waals surface area contributed by atoms with Crippen LogP contribution in [-0.4, -0.2) is 32.5 Å². The van der Waals surface area contributed by atoms with E-state index in [4.69, 9.17) is 0 Å². The lowest BCUT2D eigenvalue weighted by Gasteiger charge is -2.19. The zero-order valence-electron chi connectivity index (χ0n) is 9.00. The van der Waals surface area contributed by atoms with E-state index in [0.29, 0.717) is 4.47 Å². The molecule has 1 aromatic carbocycles. The third-order valence-electron chi connectivity index (χ3n) is 1.98. The second-order valence-corrected chi connectivity index (χ2v) is 7.23. The van der Waals surface area contributed by atoms with Crippen molar-refractivity contribution in [3.8, 4) is 0 Å². The minimum atomic E-state index is -4.58. The molecule has 0 bridgehead atoms. The van der Waals surface area contributed by atoms with Crippen molar-refractivity contribution in [3.05, 3.63) is 27.1 Å². The summed E-state index contributed by atoms with van der Waals surface area (Å²) >= 11 is 6.14. The van der Waals surface area contributed by atoms with Crippen molar-refractivity contribution in [3.63, 3.8) is 0 Å². The largest absolute Gasteiger partial charge is 0.402 e. The Morgan fingerprint density at radius 1 is 1.28 bits per heavy atom. The molecule has 1 rings (SSSR count). The molecule has 0 aliphatic heterocycles. The van der Waals surface area contributed by atoms with Gasteiger partial charge in [0.2, 0.25) is 10.0 Å². The Hall–Kier alpha value is -0.120. The molecule has 0 N–H and O–H groups in total. The van der Waals surface area contributed by atoms with Crippen LogP contribution in [0.25, 0.3) is 0 Å². The number of alkyl halides is 3. The first-order valence-corrected chi connectivity index (χ1v) is 7.55. The van der Waals surface area contributed by atoms with Gasteiger partial charge in [0.25, 0.3) is 0 Å². The van der Waals surface area contributed by atoms with Gasteiger partial charge in [0.1, 0.15) is 6.54 Å². The molecule has 0 unspecified atom stereocenters. The highest BCUT2D eigenvalue weighted by molar-refractivity contribution is 9.11. The summed E-state index contributed by atoms with van der Waals surface area (Å²) in [6.07, 6.45) is -4.58. The first-order valence-electron chi connectivity index (χ1n) is 4.52. The van der Waals surface area contributed by atoms with Crippen LogP contribution in [0.3, 0.4) is 0 Å². The summed E-state index contributed by atoms with van der Waals surface area (Å²) in [6, 6.07) is 4.13. The van der Waals surface area contributed by atoms with Gasteiger partial charge in [-0.1, -0.05) is 15.9 Å². The lowest BCUT2D eigenvalue weighted by atomic mass is 10.4. The highest BCUT2D eigenvalue weighted by Crippen LogP contribution is 2.29. The molecule has 0 aliphatic rings. The van der Waals surface area contributed by atoms with Gasteiger partial charge in [-0.15, -0.1) is 0 Å². The van der Waals surface area contributed by atoms with Crippen molar-refractivity contribution in [2.75, 3.05) is 13.6 Å². The number of rotatable bonds is 3. The fourth-order valence-corrected chi connectivity index (χ4v) is 4.05. The highest BCUT2D eigenvalue weighted by Gasteiger charge is 2.35. The van der Waals surface area contributed by atoms with E-state index in [1.807, 2.05) is 0 Å². The topological polar surface area (TPSA) is 37.4 Å². The molecule has 9 heteroatoms. The van der Waals surface area contributed by atoms with E-state index in [9.17, 15) is 21.6 Å². The van der Waals surface area contributed by atoms with Crippen molar-refractivity contribution in [2.24, 2.45) is 0 Å². The van der Waals surface area contributed by atoms with Gasteiger partial charge in [0.15, 0.2) is 0 Å². The zero-order valence-corrected chi connectivity index (χ0v) is 13.0. The highest BCUT2D eigenvalue weighted by atomic mass is 79.9. The maximum Gasteiger partial charge on any atom is 0.402 e. The summed E-state index contributed by atoms with van der Waals surface area (Å²) < 4.78 is 61.5. The fraction of sp³-hybridized carbons (Fsp3) is 0.333. The molecule has 0 amide bonds. The van der Waals surface area contributed by atoms with Crippen molar-refractivity contribution in [1.29, 1.82) is 0 Å². The summed E-state index contributed by atoms with van der Waals surface area (Å²) in [4.78, 5) is -0.211. The summed E-state index contributed by atoms with van der Waals surface area (Å²) in [7, 11) is -3.29. The van der Waals surface area contributed by atoms with Gasteiger partial charge in [-0.2, -0.15) is 17.5 Å². The molecule has 18 heavy (non-hydrogen) atoms. The molecule has 0 saturated heterocycles. The quantitative estimate of drug-likeness (QED) is 0.765. The molecule has 0 aliphatic carbocycles. The van der Waals surface area contributed by atoms with Crippen LogP contribution in [0, 0.1) is 0 Å². The van der Waals surface area contributed by atoms with Crippen molar-refractivity contribution in [2.45, 2.75) is 11.1 Å². The average molecular weight is 411 g/mol. The number of sulfonamides is 1. The predicted octanol–water partition coefficient (Wildman–Crippen LogP) is 3.39. The van der Waals surface area contributed by atoms with E-state index in [1.54, 1.807) is 0 Å². The van der Waals surface area contributed by atoms with Gasteiger partial charge in [0.05, 0.1) is 4.90 Å². The van der Waals surface area contributed by atoms with E-state index < -0.39 is 22.7 Å². The van der Waals surface area contributed by atoms with Gasteiger partial charge in [0, 0.05) is 16.0 Å². The van der Waals surface area contributed by atoms with Gasteiger partial charge >= 0.3 is 6.18 Å². The maximum absolute atomic E-state index is 12.2. The van der Waals surface area contributed by atoms with Crippen LogP contribution in [0.5, 0.6) is 0 Å². The molecule has 0 aromatic heterocycles. The molecular formula is C9H8Br2F3NO2S. The molecule has 1 aromatic rings. The molecule has 102 valence electrons. The van der Waals surface area contributed by atoms with Crippen LogP contribution >= 0.6 is 31.9 Å². The third kappa shape index (κ3) is 3.94. The second kappa shape index (κ2) is 5.48. The Balaban J connectivity index is 3.14. The Bertz CT molecular complexity index is 545. The molecule has 0 spiro atoms. The Labute approximate surface area is 119 Å². The van der Waals surface area contributed by atoms with E-state index in [1.165, 1.54) is 18.2 Å². The van der Waals surface area contributed by atoms with E-state index in [0.717, 1.165) is 7.05 Å². The first kappa shape index (κ1) is 15.9. The van der Waals surface area contributed by atoms with Crippen LogP contribution in [0.4, 0.5) is 13.2 Å². The SMILES string of the molecule is CN(CC(F)(F)F)S(=O)(=O)c1ccc(Br)cc1Br. The summed E-state index contributed by atoms with van der Waals surface area (Å²) in [5, 5.41) is 0. The van der Waals surface area contributed by atoms with Crippen LogP contribution in [-0.2, 0) is 10.0 Å². The summed E-state index contributed by atoms with van der Waals surface area (Å²) in [6.45, 7) is -1.53. The second-order valence-electron chi connectivity index (χ2n) is 3.45. The van der Waals surface area contributed by atoms with E-state index >= 15 is 0 Å². The molecule has 0 fully saturated rings. The molecular weight excluding hydrogens is 403 g/mol. The number of halogens is 5. The van der Waals surface area contributed by atoms with Crippen LogP contribution < -0.4 is 0 Å². The smallest absolute Gasteiger partial charge is 0.207 e. The number of nitrogens with zero attached hydrogens (tertiary/aromatic N) is 1. The van der Waals surface area contributed by atoms with E-state index in [-0.39, 0.29) is 13.7 Å². The van der Waals surface area contributed by atoms with Gasteiger partial charge < -0.3 is 0 Å². The van der Waals surface area contributed by atoms with Gasteiger partial charge in [-0.05, 0) is 34.1 Å². The lowest BCUT2D eigenvalue weighted by molar-refractivity contribution is -0.134. The van der Waals surface area contributed by atoms with Crippen LogP contribution in [0.1, 0.15) is 0 Å². The standard InChI is InChI=1S/C9H8Br2F3NO2S/c1-15(5-9(12,13)14)18(16,17)8-3-2-6(10)4-7(8)11/h2-4H,5H2,1H3. The van der Waals surface area contributed by atoms with E-state index in [2.05, 4.69) is 31.9 Å². The first-order chi connectivity index (χ1) is 8.04. The summed E-state index contributed by atoms with van der Waals surface area (Å²) in [5.74, 6) is 0. The number of hydrogen-bond donors (Lipinski definition) is 0. The molecule has 0 saturated carbocycles. The van der Waals surface area contributed by atoms with Crippen LogP contribution in [0.2, 0.25) is 0 Å². The van der Waals surface area contributed by atoms with Crippen molar-refractivity contribution in [1.82, 2.24) is 4.31 Å². The van der Waals surface area contributed by atoms with Crippen molar-refractivity contribution >= 4 is 41.9 Å². The van der Waals surface area contributed by atoms with Crippen molar-refractivity contribution < 1.29 is 21.6 Å². The Morgan fingerprint density at radius 2 is 1.83 bits per heavy atom. The Kier molecular flexibility index (Phi) is 4.85. The van der Waals surface area contributed by atoms with Crippen LogP contribution in [0.15, 0.2) is 32.0 Å². The minimum Gasteiger partial charge on any atom is -0.207 e. The normalized spacial score (nSPS) is 13.1. The average Bonchev–Trinajstić information content (AvgIpc) is 2.13. The fourth-order valence-electron chi connectivity index (χ4n) is 1.19. The lowest BCUT2D eigenvalue weighted by Crippen LogP contribution is -2.35. The maximum atomic E-state index is 12.2. The molecule has 0 heterocycles. The molecule has 3 nitrogen and oxygen atoms in total. The Morgan fingerprint density at radius 3 is 2.28 bits per heavy atom. The van der Waals surface area contributed by atoms with Gasteiger partial charge in [-0.3, -0.25) is 0 Å². The third-order valence-corrected chi connectivity index (χ3v) is 5.26. The molecule has 0 radical (unpaired) electrons. The summed E-state index contributed by atoms with van der Waals surface area (Å²) in [5.41, 5.74) is 0. The number of hydrogen-bond acceptors (Lipinski definition) is 2. The zero-order chi connectivity index (χ0) is 14.1. The minimum absolute atomic E-state index is 0.200. The predicted molar refractivity (Wildman–Crippen MR) is 67.7 cm³/mol. The van der Waals surface area contributed by atoms with Gasteiger partial charge in [-0.25, -0.2) is 8.42 Å².